The maximum absolute atomic E-state index is 12.1. The molecule has 0 aromatic rings. The van der Waals surface area contributed by atoms with Crippen LogP contribution in [-0.2, 0) is 9.53 Å². The van der Waals surface area contributed by atoms with E-state index in [0.29, 0.717) is 26.2 Å². The number of hydrogen-bond acceptors (Lipinski definition) is 3. The van der Waals surface area contributed by atoms with Crippen molar-refractivity contribution in [3.63, 3.8) is 0 Å². The Morgan fingerprint density at radius 3 is 2.75 bits per heavy atom. The smallest absolute Gasteiger partial charge is 0.317 e. The third kappa shape index (κ3) is 4.10. The number of carbonyl (C=O) groups excluding carboxylic acids is 1. The van der Waals surface area contributed by atoms with Gasteiger partial charge in [-0.2, -0.15) is 0 Å². The molecule has 20 heavy (non-hydrogen) atoms. The van der Waals surface area contributed by atoms with Gasteiger partial charge in [0.1, 0.15) is 0 Å². The second kappa shape index (κ2) is 6.43. The minimum atomic E-state index is -0.893. The van der Waals surface area contributed by atoms with Gasteiger partial charge in [-0.1, -0.05) is 19.8 Å². The number of morpholine rings is 1. The Hall–Kier alpha value is -1.30. The fourth-order valence-electron chi connectivity index (χ4n) is 3.03. The van der Waals surface area contributed by atoms with E-state index in [1.807, 2.05) is 0 Å². The number of aliphatic carboxylic acids is 1. The summed E-state index contributed by atoms with van der Waals surface area (Å²) >= 11 is 0. The molecule has 0 aromatic heterocycles. The maximum atomic E-state index is 12.1. The van der Waals surface area contributed by atoms with Gasteiger partial charge in [-0.05, 0) is 18.3 Å². The molecular formula is C14H24N2O4. The van der Waals surface area contributed by atoms with E-state index in [2.05, 4.69) is 12.2 Å². The van der Waals surface area contributed by atoms with Crippen molar-refractivity contribution in [1.82, 2.24) is 10.2 Å². The molecule has 2 fully saturated rings. The molecule has 2 aliphatic rings. The van der Waals surface area contributed by atoms with Crippen molar-refractivity contribution in [2.45, 2.75) is 45.1 Å². The molecule has 1 saturated carbocycles. The van der Waals surface area contributed by atoms with Gasteiger partial charge in [-0.25, -0.2) is 4.79 Å². The topological polar surface area (TPSA) is 78.9 Å². The second-order valence-electron chi connectivity index (χ2n) is 6.21. The first-order chi connectivity index (χ1) is 9.48. The molecule has 2 N–H and O–H groups in total. The second-order valence-corrected chi connectivity index (χ2v) is 6.21. The summed E-state index contributed by atoms with van der Waals surface area (Å²) in [5.74, 6) is -0.893. The molecule has 1 aliphatic heterocycles. The Bertz CT molecular complexity index is 366. The third-order valence-corrected chi connectivity index (χ3v) is 4.31. The molecule has 6 heteroatoms. The van der Waals surface area contributed by atoms with E-state index in [1.54, 1.807) is 4.90 Å². The molecule has 1 saturated heterocycles. The van der Waals surface area contributed by atoms with Gasteiger partial charge in [0, 0.05) is 19.6 Å². The standard InChI is InChI=1S/C14H24N2O4/c1-14(4-2-3-5-14)10-15-13(19)16-6-7-20-11(9-16)8-12(17)18/h11H,2-10H2,1H3,(H,15,19)(H,17,18). The van der Waals surface area contributed by atoms with Crippen molar-refractivity contribution in [1.29, 1.82) is 0 Å². The highest BCUT2D eigenvalue weighted by Gasteiger charge is 2.31. The molecular weight excluding hydrogens is 260 g/mol. The van der Waals surface area contributed by atoms with Crippen LogP contribution < -0.4 is 5.32 Å². The zero-order valence-corrected chi connectivity index (χ0v) is 12.1. The normalized spacial score (nSPS) is 25.4. The van der Waals surface area contributed by atoms with E-state index < -0.39 is 12.1 Å². The molecule has 2 amide bonds. The average molecular weight is 284 g/mol. The Kier molecular flexibility index (Phi) is 4.86. The molecule has 1 atom stereocenters. The van der Waals surface area contributed by atoms with Gasteiger partial charge in [0.25, 0.3) is 0 Å². The number of ether oxygens (including phenoxy) is 1. The summed E-state index contributed by atoms with van der Waals surface area (Å²) in [6.45, 7) is 4.20. The van der Waals surface area contributed by atoms with Crippen LogP contribution >= 0.6 is 0 Å². The Balaban J connectivity index is 1.78. The van der Waals surface area contributed by atoms with Gasteiger partial charge >= 0.3 is 12.0 Å². The lowest BCUT2D eigenvalue weighted by atomic mass is 9.89. The van der Waals surface area contributed by atoms with Crippen LogP contribution in [0.1, 0.15) is 39.0 Å². The van der Waals surface area contributed by atoms with Crippen LogP contribution in [0.4, 0.5) is 4.79 Å². The van der Waals surface area contributed by atoms with Crippen molar-refractivity contribution in [3.05, 3.63) is 0 Å². The molecule has 0 spiro atoms. The van der Waals surface area contributed by atoms with E-state index in [0.717, 1.165) is 12.8 Å². The van der Waals surface area contributed by atoms with Crippen LogP contribution in [-0.4, -0.2) is 54.4 Å². The number of hydrogen-bond donors (Lipinski definition) is 2. The van der Waals surface area contributed by atoms with Crippen LogP contribution in [0.3, 0.4) is 0 Å². The van der Waals surface area contributed by atoms with Crippen molar-refractivity contribution in [2.24, 2.45) is 5.41 Å². The fraction of sp³-hybridized carbons (Fsp3) is 0.857. The lowest BCUT2D eigenvalue weighted by Gasteiger charge is -2.33. The first-order valence-electron chi connectivity index (χ1n) is 7.35. The van der Waals surface area contributed by atoms with E-state index in [4.69, 9.17) is 9.84 Å². The minimum Gasteiger partial charge on any atom is -0.481 e. The molecule has 6 nitrogen and oxygen atoms in total. The minimum absolute atomic E-state index is 0.0541. The number of carboxylic acid groups (broad SMARTS) is 1. The quantitative estimate of drug-likeness (QED) is 0.819. The van der Waals surface area contributed by atoms with Gasteiger partial charge < -0.3 is 20.1 Å². The molecule has 1 unspecified atom stereocenters. The van der Waals surface area contributed by atoms with E-state index in [-0.39, 0.29) is 17.9 Å². The molecule has 114 valence electrons. The van der Waals surface area contributed by atoms with Crippen molar-refractivity contribution in [3.8, 4) is 0 Å². The molecule has 2 rings (SSSR count). The third-order valence-electron chi connectivity index (χ3n) is 4.31. The molecule has 1 heterocycles. The zero-order chi connectivity index (χ0) is 14.6. The predicted molar refractivity (Wildman–Crippen MR) is 73.5 cm³/mol. The highest BCUT2D eigenvalue weighted by Crippen LogP contribution is 2.36. The summed E-state index contributed by atoms with van der Waals surface area (Å²) in [6, 6.07) is -0.100. The van der Waals surface area contributed by atoms with E-state index in [9.17, 15) is 9.59 Å². The van der Waals surface area contributed by atoms with Crippen molar-refractivity contribution in [2.75, 3.05) is 26.2 Å². The molecule has 0 bridgehead atoms. The van der Waals surface area contributed by atoms with Crippen LogP contribution in [0.25, 0.3) is 0 Å². The summed E-state index contributed by atoms with van der Waals surface area (Å²) in [4.78, 5) is 24.5. The van der Waals surface area contributed by atoms with E-state index in [1.165, 1.54) is 12.8 Å². The first-order valence-corrected chi connectivity index (χ1v) is 7.35. The summed E-state index contributed by atoms with van der Waals surface area (Å²) in [7, 11) is 0. The summed E-state index contributed by atoms with van der Waals surface area (Å²) < 4.78 is 5.36. The Morgan fingerprint density at radius 1 is 1.40 bits per heavy atom. The van der Waals surface area contributed by atoms with Crippen LogP contribution in [0, 0.1) is 5.41 Å². The van der Waals surface area contributed by atoms with Crippen LogP contribution in [0.15, 0.2) is 0 Å². The fourth-order valence-corrected chi connectivity index (χ4v) is 3.03. The SMILES string of the molecule is CC1(CNC(=O)N2CCOC(CC(=O)O)C2)CCCC1. The number of rotatable bonds is 4. The largest absolute Gasteiger partial charge is 0.481 e. The van der Waals surface area contributed by atoms with Gasteiger partial charge in [-0.15, -0.1) is 0 Å². The van der Waals surface area contributed by atoms with Gasteiger partial charge in [0.15, 0.2) is 0 Å². The monoisotopic (exact) mass is 284 g/mol. The number of nitrogens with zero attached hydrogens (tertiary/aromatic N) is 1. The van der Waals surface area contributed by atoms with Crippen LogP contribution in [0.2, 0.25) is 0 Å². The first kappa shape index (κ1) is 15.1. The van der Waals surface area contributed by atoms with Crippen molar-refractivity contribution >= 4 is 12.0 Å². The summed E-state index contributed by atoms with van der Waals surface area (Å²) in [5.41, 5.74) is 0.225. The van der Waals surface area contributed by atoms with Crippen molar-refractivity contribution < 1.29 is 19.4 Å². The Labute approximate surface area is 119 Å². The van der Waals surface area contributed by atoms with Gasteiger partial charge in [0.05, 0.1) is 19.1 Å². The highest BCUT2D eigenvalue weighted by molar-refractivity contribution is 5.74. The number of urea groups is 1. The van der Waals surface area contributed by atoms with Gasteiger partial charge in [-0.3, -0.25) is 4.79 Å². The van der Waals surface area contributed by atoms with E-state index >= 15 is 0 Å². The number of nitrogens with one attached hydrogen (secondary N) is 1. The molecule has 0 aromatic carbocycles. The molecule has 1 aliphatic carbocycles. The lowest BCUT2D eigenvalue weighted by Crippen LogP contribution is -2.51. The lowest BCUT2D eigenvalue weighted by molar-refractivity contribution is -0.141. The number of carbonyl (C=O) groups is 2. The predicted octanol–water partition coefficient (Wildman–Crippen LogP) is 1.45. The maximum Gasteiger partial charge on any atom is 0.317 e. The Morgan fingerprint density at radius 2 is 2.10 bits per heavy atom. The molecule has 0 radical (unpaired) electrons. The highest BCUT2D eigenvalue weighted by atomic mass is 16.5. The van der Waals surface area contributed by atoms with Crippen LogP contribution in [0.5, 0.6) is 0 Å². The average Bonchev–Trinajstić information content (AvgIpc) is 2.83. The number of amides is 2. The summed E-state index contributed by atoms with van der Waals surface area (Å²) in [6.07, 6.45) is 4.36. The number of carboxylic acids is 1. The van der Waals surface area contributed by atoms with Gasteiger partial charge in [0.2, 0.25) is 0 Å². The zero-order valence-electron chi connectivity index (χ0n) is 12.1. The summed E-state index contributed by atoms with van der Waals surface area (Å²) in [5, 5.41) is 11.8.